The van der Waals surface area contributed by atoms with E-state index in [-0.39, 0.29) is 11.9 Å². The summed E-state index contributed by atoms with van der Waals surface area (Å²) in [5.74, 6) is 0.288. The van der Waals surface area contributed by atoms with Gasteiger partial charge in [-0.1, -0.05) is 12.1 Å². The second-order valence-electron chi connectivity index (χ2n) is 3.96. The molecule has 1 aliphatic heterocycles. The molecule has 5 nitrogen and oxygen atoms in total. The molecule has 1 unspecified atom stereocenters. The summed E-state index contributed by atoms with van der Waals surface area (Å²) in [4.78, 5) is 24.8. The number of hydrogen-bond acceptors (Lipinski definition) is 3. The highest BCUT2D eigenvalue weighted by atomic mass is 16.5. The van der Waals surface area contributed by atoms with Crippen LogP contribution < -0.4 is 15.0 Å². The Kier molecular flexibility index (Phi) is 2.99. The largest absolute Gasteiger partial charge is 0.495 e. The van der Waals surface area contributed by atoms with Crippen molar-refractivity contribution < 1.29 is 14.3 Å². The predicted molar refractivity (Wildman–Crippen MR) is 63.1 cm³/mol. The number of hydrogen-bond donors (Lipinski definition) is 1. The minimum absolute atomic E-state index is 0.124. The number of nitrogens with zero attached hydrogens (tertiary/aromatic N) is 1. The van der Waals surface area contributed by atoms with Crippen molar-refractivity contribution in [1.82, 2.24) is 5.32 Å². The van der Waals surface area contributed by atoms with Crippen LogP contribution in [0.15, 0.2) is 24.3 Å². The number of imide groups is 1. The van der Waals surface area contributed by atoms with Crippen LogP contribution in [-0.4, -0.2) is 25.1 Å². The van der Waals surface area contributed by atoms with Crippen molar-refractivity contribution >= 4 is 17.6 Å². The van der Waals surface area contributed by atoms with Crippen LogP contribution in [0.4, 0.5) is 10.5 Å². The Balaban J connectivity index is 2.38. The molecule has 5 heteroatoms. The Labute approximate surface area is 99.4 Å². The van der Waals surface area contributed by atoms with Crippen LogP contribution >= 0.6 is 0 Å². The lowest BCUT2D eigenvalue weighted by molar-refractivity contribution is -0.118. The van der Waals surface area contributed by atoms with E-state index < -0.39 is 6.03 Å². The summed E-state index contributed by atoms with van der Waals surface area (Å²) in [5.41, 5.74) is 0.476. The first-order valence-electron chi connectivity index (χ1n) is 5.40. The fraction of sp³-hybridized carbons (Fsp3) is 0.333. The number of carbonyl (C=O) groups excluding carboxylic acids is 2. The second-order valence-corrected chi connectivity index (χ2v) is 3.96. The SMILES string of the molecule is COc1ccccc1N1C(=O)CC(C)NC1=O. The lowest BCUT2D eigenvalue weighted by Gasteiger charge is -2.30. The van der Waals surface area contributed by atoms with Gasteiger partial charge in [-0.15, -0.1) is 0 Å². The summed E-state index contributed by atoms with van der Waals surface area (Å²) in [5, 5.41) is 2.72. The maximum absolute atomic E-state index is 11.9. The molecular formula is C12H14N2O3. The van der Waals surface area contributed by atoms with Gasteiger partial charge in [-0.2, -0.15) is 0 Å². The molecule has 1 aromatic rings. The lowest BCUT2D eigenvalue weighted by atomic mass is 10.1. The number of para-hydroxylation sites is 2. The first-order valence-corrected chi connectivity index (χ1v) is 5.40. The molecule has 0 bridgehead atoms. The van der Waals surface area contributed by atoms with Crippen molar-refractivity contribution in [3.63, 3.8) is 0 Å². The van der Waals surface area contributed by atoms with Crippen LogP contribution in [0, 0.1) is 0 Å². The van der Waals surface area contributed by atoms with Gasteiger partial charge in [0, 0.05) is 12.5 Å². The first-order chi connectivity index (χ1) is 8.13. The van der Waals surface area contributed by atoms with Gasteiger partial charge in [0.2, 0.25) is 5.91 Å². The fourth-order valence-electron chi connectivity index (χ4n) is 1.85. The highest BCUT2D eigenvalue weighted by molar-refractivity contribution is 6.16. The maximum Gasteiger partial charge on any atom is 0.329 e. The van der Waals surface area contributed by atoms with Crippen LogP contribution in [0.5, 0.6) is 5.75 Å². The molecule has 3 amide bonds. The van der Waals surface area contributed by atoms with Gasteiger partial charge < -0.3 is 10.1 Å². The number of methoxy groups -OCH3 is 1. The van der Waals surface area contributed by atoms with E-state index in [0.29, 0.717) is 17.9 Å². The van der Waals surface area contributed by atoms with Crippen LogP contribution in [0.3, 0.4) is 0 Å². The van der Waals surface area contributed by atoms with Crippen molar-refractivity contribution in [2.75, 3.05) is 12.0 Å². The molecule has 1 aliphatic rings. The van der Waals surface area contributed by atoms with Crippen LogP contribution in [0.25, 0.3) is 0 Å². The van der Waals surface area contributed by atoms with E-state index in [4.69, 9.17) is 4.74 Å². The van der Waals surface area contributed by atoms with Gasteiger partial charge in [0.15, 0.2) is 0 Å². The molecule has 90 valence electrons. The van der Waals surface area contributed by atoms with Gasteiger partial charge >= 0.3 is 6.03 Å². The average Bonchev–Trinajstić information content (AvgIpc) is 2.28. The van der Waals surface area contributed by atoms with E-state index in [1.54, 1.807) is 31.2 Å². The van der Waals surface area contributed by atoms with Crippen molar-refractivity contribution in [2.45, 2.75) is 19.4 Å². The zero-order chi connectivity index (χ0) is 12.4. The molecule has 1 saturated heterocycles. The van der Waals surface area contributed by atoms with Crippen LogP contribution in [0.2, 0.25) is 0 Å². The molecule has 1 atom stereocenters. The van der Waals surface area contributed by atoms with Crippen molar-refractivity contribution in [2.24, 2.45) is 0 Å². The smallest absolute Gasteiger partial charge is 0.329 e. The Hall–Kier alpha value is -2.04. The molecule has 1 heterocycles. The minimum atomic E-state index is -0.404. The number of urea groups is 1. The summed E-state index contributed by atoms with van der Waals surface area (Å²) in [6.45, 7) is 1.80. The van der Waals surface area contributed by atoms with E-state index >= 15 is 0 Å². The number of ether oxygens (including phenoxy) is 1. The first kappa shape index (κ1) is 11.4. The molecular weight excluding hydrogens is 220 g/mol. The van der Waals surface area contributed by atoms with E-state index in [1.165, 1.54) is 7.11 Å². The normalized spacial score (nSPS) is 20.1. The highest BCUT2D eigenvalue weighted by Gasteiger charge is 2.32. The molecule has 2 rings (SSSR count). The van der Waals surface area contributed by atoms with E-state index in [1.807, 2.05) is 0 Å². The maximum atomic E-state index is 11.9. The van der Waals surface area contributed by atoms with Gasteiger partial charge in [-0.05, 0) is 19.1 Å². The van der Waals surface area contributed by atoms with E-state index in [9.17, 15) is 9.59 Å². The lowest BCUT2D eigenvalue weighted by Crippen LogP contribution is -2.54. The van der Waals surface area contributed by atoms with Gasteiger partial charge in [-0.25, -0.2) is 9.69 Å². The monoisotopic (exact) mass is 234 g/mol. The molecule has 0 aliphatic carbocycles. The number of nitrogens with one attached hydrogen (secondary N) is 1. The number of amides is 3. The minimum Gasteiger partial charge on any atom is -0.495 e. The third-order valence-electron chi connectivity index (χ3n) is 2.63. The number of benzene rings is 1. The summed E-state index contributed by atoms with van der Waals surface area (Å²) >= 11 is 0. The predicted octanol–water partition coefficient (Wildman–Crippen LogP) is 1.53. The van der Waals surface area contributed by atoms with Gasteiger partial charge in [0.05, 0.1) is 12.8 Å². The summed E-state index contributed by atoms with van der Waals surface area (Å²) in [6.07, 6.45) is 0.295. The Morgan fingerprint density at radius 3 is 2.71 bits per heavy atom. The molecule has 1 aromatic carbocycles. The summed E-state index contributed by atoms with van der Waals surface area (Å²) < 4.78 is 5.15. The molecule has 0 aromatic heterocycles. The topological polar surface area (TPSA) is 58.6 Å². The van der Waals surface area contributed by atoms with Crippen molar-refractivity contribution in [1.29, 1.82) is 0 Å². The number of anilines is 1. The fourth-order valence-corrected chi connectivity index (χ4v) is 1.85. The van der Waals surface area contributed by atoms with Crippen LogP contribution in [-0.2, 0) is 4.79 Å². The van der Waals surface area contributed by atoms with Crippen molar-refractivity contribution in [3.05, 3.63) is 24.3 Å². The third kappa shape index (κ3) is 2.08. The zero-order valence-corrected chi connectivity index (χ0v) is 9.77. The summed E-state index contributed by atoms with van der Waals surface area (Å²) in [6, 6.07) is 6.42. The van der Waals surface area contributed by atoms with Crippen LogP contribution in [0.1, 0.15) is 13.3 Å². The zero-order valence-electron chi connectivity index (χ0n) is 9.77. The van der Waals surface area contributed by atoms with Crippen molar-refractivity contribution in [3.8, 4) is 5.75 Å². The van der Waals surface area contributed by atoms with Gasteiger partial charge in [0.25, 0.3) is 0 Å². The molecule has 0 radical (unpaired) electrons. The Morgan fingerprint density at radius 2 is 2.06 bits per heavy atom. The standard InChI is InChI=1S/C12H14N2O3/c1-8-7-11(15)14(12(16)13-8)9-5-3-4-6-10(9)17-2/h3-6,8H,7H2,1-2H3,(H,13,16). The Bertz CT molecular complexity index is 441. The second kappa shape index (κ2) is 4.45. The van der Waals surface area contributed by atoms with E-state index in [0.717, 1.165) is 4.90 Å². The summed E-state index contributed by atoms with van der Waals surface area (Å²) in [7, 11) is 1.51. The molecule has 1 fully saturated rings. The number of rotatable bonds is 2. The average molecular weight is 234 g/mol. The molecule has 0 spiro atoms. The Morgan fingerprint density at radius 1 is 1.35 bits per heavy atom. The molecule has 17 heavy (non-hydrogen) atoms. The van der Waals surface area contributed by atoms with Gasteiger partial charge in [-0.3, -0.25) is 4.79 Å². The molecule has 1 N–H and O–H groups in total. The van der Waals surface area contributed by atoms with Gasteiger partial charge in [0.1, 0.15) is 5.75 Å². The number of carbonyl (C=O) groups is 2. The third-order valence-corrected chi connectivity index (χ3v) is 2.63. The quantitative estimate of drug-likeness (QED) is 0.844. The van der Waals surface area contributed by atoms with E-state index in [2.05, 4.69) is 5.32 Å². The highest BCUT2D eigenvalue weighted by Crippen LogP contribution is 2.29. The molecule has 0 saturated carbocycles.